The van der Waals surface area contributed by atoms with E-state index < -0.39 is 29.2 Å². The average Bonchev–Trinajstić information content (AvgIpc) is 2.70. The number of carbonyl (C=O) groups excluding carboxylic acids is 2. The van der Waals surface area contributed by atoms with Crippen LogP contribution >= 0.6 is 0 Å². The van der Waals surface area contributed by atoms with E-state index in [1.807, 2.05) is 0 Å². The number of carboxylic acids is 1. The monoisotopic (exact) mass is 244 g/mol. The zero-order valence-corrected chi connectivity index (χ0v) is 9.89. The molecule has 1 N–H and O–H groups in total. The molecule has 6 heteroatoms. The molecule has 1 aliphatic carbocycles. The molecule has 0 bridgehead atoms. The minimum Gasteiger partial charge on any atom is -0.481 e. The third kappa shape index (κ3) is 2.25. The minimum atomic E-state index is -1.44. The second-order valence-corrected chi connectivity index (χ2v) is 4.14. The maximum Gasteiger partial charge on any atom is 0.323 e. The van der Waals surface area contributed by atoms with Gasteiger partial charge in [-0.1, -0.05) is 6.42 Å². The molecule has 0 aromatic carbocycles. The Morgan fingerprint density at radius 3 is 2.18 bits per heavy atom. The molecule has 1 aliphatic rings. The molecule has 0 aromatic rings. The molecule has 1 fully saturated rings. The summed E-state index contributed by atoms with van der Waals surface area (Å²) in [7, 11) is 2.37. The lowest BCUT2D eigenvalue weighted by Gasteiger charge is -2.28. The highest BCUT2D eigenvalue weighted by molar-refractivity contribution is 6.01. The van der Waals surface area contributed by atoms with Gasteiger partial charge in [-0.2, -0.15) is 0 Å². The minimum absolute atomic E-state index is 0.232. The van der Waals surface area contributed by atoms with E-state index in [1.165, 1.54) is 14.2 Å². The molecule has 0 radical (unpaired) electrons. The first kappa shape index (κ1) is 13.5. The molecule has 0 aliphatic heterocycles. The van der Waals surface area contributed by atoms with Gasteiger partial charge in [-0.15, -0.1) is 0 Å². The fourth-order valence-corrected chi connectivity index (χ4v) is 2.55. The van der Waals surface area contributed by atoms with Gasteiger partial charge in [-0.25, -0.2) is 0 Å². The Hall–Kier alpha value is -1.59. The molecule has 0 spiro atoms. The molecule has 1 unspecified atom stereocenters. The van der Waals surface area contributed by atoms with E-state index in [2.05, 4.69) is 9.47 Å². The summed E-state index contributed by atoms with van der Waals surface area (Å²) in [6.45, 7) is 0. The van der Waals surface area contributed by atoms with E-state index in [1.54, 1.807) is 0 Å². The second kappa shape index (κ2) is 5.16. The van der Waals surface area contributed by atoms with Gasteiger partial charge in [-0.05, 0) is 18.8 Å². The molecule has 17 heavy (non-hydrogen) atoms. The molecule has 6 nitrogen and oxygen atoms in total. The molecule has 1 atom stereocenters. The van der Waals surface area contributed by atoms with Crippen LogP contribution in [0.15, 0.2) is 0 Å². The second-order valence-electron chi connectivity index (χ2n) is 4.14. The van der Waals surface area contributed by atoms with E-state index in [4.69, 9.17) is 5.11 Å². The van der Waals surface area contributed by atoms with Crippen LogP contribution in [0.3, 0.4) is 0 Å². The van der Waals surface area contributed by atoms with E-state index in [0.717, 1.165) is 0 Å². The predicted molar refractivity (Wildman–Crippen MR) is 56.1 cm³/mol. The van der Waals surface area contributed by atoms with Gasteiger partial charge < -0.3 is 14.6 Å². The first-order chi connectivity index (χ1) is 7.98. The molecule has 1 saturated carbocycles. The van der Waals surface area contributed by atoms with Crippen molar-refractivity contribution in [3.05, 3.63) is 0 Å². The van der Waals surface area contributed by atoms with E-state index in [0.29, 0.717) is 12.8 Å². The van der Waals surface area contributed by atoms with Crippen LogP contribution in [-0.4, -0.2) is 37.2 Å². The number of methoxy groups -OCH3 is 2. The maximum atomic E-state index is 11.8. The van der Waals surface area contributed by atoms with Gasteiger partial charge in [0.05, 0.1) is 14.2 Å². The fourth-order valence-electron chi connectivity index (χ4n) is 2.55. The van der Waals surface area contributed by atoms with Crippen molar-refractivity contribution in [2.24, 2.45) is 11.3 Å². The largest absolute Gasteiger partial charge is 0.481 e. The Bertz CT molecular complexity index is 319. The lowest BCUT2D eigenvalue weighted by Crippen LogP contribution is -2.44. The van der Waals surface area contributed by atoms with Gasteiger partial charge in [0, 0.05) is 6.42 Å². The number of carboxylic acid groups (broad SMARTS) is 1. The Balaban J connectivity index is 3.07. The van der Waals surface area contributed by atoms with Gasteiger partial charge in [0.2, 0.25) is 0 Å². The van der Waals surface area contributed by atoms with E-state index in [9.17, 15) is 14.4 Å². The number of rotatable bonds is 4. The van der Waals surface area contributed by atoms with E-state index >= 15 is 0 Å². The number of aliphatic carboxylic acids is 1. The first-order valence-corrected chi connectivity index (χ1v) is 5.37. The summed E-state index contributed by atoms with van der Waals surface area (Å²) < 4.78 is 9.28. The SMILES string of the molecule is COC(=O)C1(C(=O)OC)CCCC1CC(=O)O. The van der Waals surface area contributed by atoms with Crippen molar-refractivity contribution in [3.8, 4) is 0 Å². The van der Waals surface area contributed by atoms with Crippen molar-refractivity contribution in [2.75, 3.05) is 14.2 Å². The number of carbonyl (C=O) groups is 3. The van der Waals surface area contributed by atoms with Crippen molar-refractivity contribution in [1.82, 2.24) is 0 Å². The molecule has 0 heterocycles. The Labute approximate surface area is 98.9 Å². The number of ether oxygens (including phenoxy) is 2. The molecule has 96 valence electrons. The lowest BCUT2D eigenvalue weighted by atomic mass is 9.76. The van der Waals surface area contributed by atoms with Crippen LogP contribution in [0.1, 0.15) is 25.7 Å². The maximum absolute atomic E-state index is 11.8. The molecular weight excluding hydrogens is 228 g/mol. The van der Waals surface area contributed by atoms with Crippen LogP contribution < -0.4 is 0 Å². The van der Waals surface area contributed by atoms with Crippen LogP contribution in [0.5, 0.6) is 0 Å². The van der Waals surface area contributed by atoms with Crippen molar-refractivity contribution in [2.45, 2.75) is 25.7 Å². The zero-order chi connectivity index (χ0) is 13.1. The summed E-state index contributed by atoms with van der Waals surface area (Å²) in [4.78, 5) is 34.4. The number of hydrogen-bond acceptors (Lipinski definition) is 5. The van der Waals surface area contributed by atoms with Crippen LogP contribution in [0.4, 0.5) is 0 Å². The van der Waals surface area contributed by atoms with Crippen LogP contribution in [0, 0.1) is 11.3 Å². The lowest BCUT2D eigenvalue weighted by molar-refractivity contribution is -0.172. The highest BCUT2D eigenvalue weighted by Gasteiger charge is 2.57. The first-order valence-electron chi connectivity index (χ1n) is 5.37. The van der Waals surface area contributed by atoms with Crippen molar-refractivity contribution in [3.63, 3.8) is 0 Å². The third-order valence-corrected chi connectivity index (χ3v) is 3.34. The van der Waals surface area contributed by atoms with Crippen LogP contribution in [-0.2, 0) is 23.9 Å². The molecule has 0 saturated heterocycles. The quantitative estimate of drug-likeness (QED) is 0.575. The zero-order valence-electron chi connectivity index (χ0n) is 9.89. The Morgan fingerprint density at radius 2 is 1.76 bits per heavy atom. The standard InChI is InChI=1S/C11H16O6/c1-16-9(14)11(10(15)17-2)5-3-4-7(11)6-8(12)13/h7H,3-6H2,1-2H3,(H,12,13). The van der Waals surface area contributed by atoms with Crippen LogP contribution in [0.25, 0.3) is 0 Å². The summed E-state index contributed by atoms with van der Waals surface area (Å²) >= 11 is 0. The summed E-state index contributed by atoms with van der Waals surface area (Å²) in [6.07, 6.45) is 1.17. The van der Waals surface area contributed by atoms with Crippen molar-refractivity contribution >= 4 is 17.9 Å². The Morgan fingerprint density at radius 1 is 1.24 bits per heavy atom. The van der Waals surface area contributed by atoms with Gasteiger partial charge in [0.25, 0.3) is 0 Å². The van der Waals surface area contributed by atoms with Gasteiger partial charge in [0.15, 0.2) is 5.41 Å². The third-order valence-electron chi connectivity index (χ3n) is 3.34. The summed E-state index contributed by atoms with van der Waals surface area (Å²) in [5.41, 5.74) is -1.44. The molecule has 0 amide bonds. The highest BCUT2D eigenvalue weighted by Crippen LogP contribution is 2.47. The van der Waals surface area contributed by atoms with Gasteiger partial charge in [0.1, 0.15) is 0 Å². The Kier molecular flexibility index (Phi) is 4.09. The number of hydrogen-bond donors (Lipinski definition) is 1. The van der Waals surface area contributed by atoms with Gasteiger partial charge in [-0.3, -0.25) is 14.4 Å². The summed E-state index contributed by atoms with van der Waals surface area (Å²) in [5, 5.41) is 8.81. The molecule has 1 rings (SSSR count). The van der Waals surface area contributed by atoms with Gasteiger partial charge >= 0.3 is 17.9 Å². The predicted octanol–water partition coefficient (Wildman–Crippen LogP) is 0.594. The highest BCUT2D eigenvalue weighted by atomic mass is 16.5. The van der Waals surface area contributed by atoms with Crippen LogP contribution in [0.2, 0.25) is 0 Å². The summed E-state index contributed by atoms with van der Waals surface area (Å²) in [6, 6.07) is 0. The topological polar surface area (TPSA) is 89.9 Å². The summed E-state index contributed by atoms with van der Waals surface area (Å²) in [5.74, 6) is -2.99. The number of esters is 2. The smallest absolute Gasteiger partial charge is 0.323 e. The molecule has 0 aromatic heterocycles. The normalized spacial score (nSPS) is 21.9. The van der Waals surface area contributed by atoms with E-state index in [-0.39, 0.29) is 12.8 Å². The van der Waals surface area contributed by atoms with Crippen molar-refractivity contribution < 1.29 is 29.0 Å². The molecular formula is C11H16O6. The van der Waals surface area contributed by atoms with Crippen molar-refractivity contribution in [1.29, 1.82) is 0 Å². The fraction of sp³-hybridized carbons (Fsp3) is 0.727. The average molecular weight is 244 g/mol.